The summed E-state index contributed by atoms with van der Waals surface area (Å²) in [4.78, 5) is 15.8. The van der Waals surface area contributed by atoms with Gasteiger partial charge in [0.2, 0.25) is 0 Å². The average molecular weight is 254 g/mol. The van der Waals surface area contributed by atoms with Crippen LogP contribution in [0.4, 0.5) is 4.79 Å². The van der Waals surface area contributed by atoms with Crippen molar-refractivity contribution < 1.29 is 4.79 Å². The SMILES string of the molecule is CCCNC1CCN(CCN2CCNC2=O)CC1. The lowest BCUT2D eigenvalue weighted by molar-refractivity contribution is 0.173. The summed E-state index contributed by atoms with van der Waals surface area (Å²) in [6.45, 7) is 9.25. The molecule has 0 unspecified atom stereocenters. The fourth-order valence-electron chi connectivity index (χ4n) is 2.70. The van der Waals surface area contributed by atoms with Crippen molar-refractivity contribution in [3.8, 4) is 0 Å². The number of nitrogens with zero attached hydrogens (tertiary/aromatic N) is 2. The summed E-state index contributed by atoms with van der Waals surface area (Å²) >= 11 is 0. The molecule has 2 rings (SSSR count). The number of rotatable bonds is 6. The van der Waals surface area contributed by atoms with Gasteiger partial charge in [0.05, 0.1) is 0 Å². The van der Waals surface area contributed by atoms with Gasteiger partial charge in [-0.05, 0) is 38.9 Å². The summed E-state index contributed by atoms with van der Waals surface area (Å²) in [7, 11) is 0. The quantitative estimate of drug-likeness (QED) is 0.724. The smallest absolute Gasteiger partial charge is 0.317 e. The van der Waals surface area contributed by atoms with Crippen LogP contribution < -0.4 is 10.6 Å². The fourth-order valence-corrected chi connectivity index (χ4v) is 2.70. The Balaban J connectivity index is 1.60. The Morgan fingerprint density at radius 1 is 1.28 bits per heavy atom. The van der Waals surface area contributed by atoms with Gasteiger partial charge in [-0.1, -0.05) is 6.92 Å². The first-order valence-electron chi connectivity index (χ1n) is 7.28. The number of likely N-dealkylation sites (tertiary alicyclic amines) is 1. The molecule has 2 aliphatic rings. The van der Waals surface area contributed by atoms with E-state index in [0.717, 1.165) is 45.8 Å². The normalized spacial score (nSPS) is 22.5. The van der Waals surface area contributed by atoms with Crippen LogP contribution in [-0.2, 0) is 0 Å². The second-order valence-corrected chi connectivity index (χ2v) is 5.29. The second kappa shape index (κ2) is 6.95. The lowest BCUT2D eigenvalue weighted by Gasteiger charge is -2.33. The molecular formula is C13H26N4O. The van der Waals surface area contributed by atoms with E-state index in [2.05, 4.69) is 22.5 Å². The average Bonchev–Trinajstić information content (AvgIpc) is 2.81. The minimum atomic E-state index is 0.106. The molecule has 2 saturated heterocycles. The number of carbonyl (C=O) groups excluding carboxylic acids is 1. The van der Waals surface area contributed by atoms with Crippen LogP contribution in [0.3, 0.4) is 0 Å². The summed E-state index contributed by atoms with van der Waals surface area (Å²) < 4.78 is 0. The number of amides is 2. The molecule has 5 heteroatoms. The van der Waals surface area contributed by atoms with Crippen LogP contribution >= 0.6 is 0 Å². The Morgan fingerprint density at radius 2 is 2.06 bits per heavy atom. The molecule has 104 valence electrons. The number of hydrogen-bond donors (Lipinski definition) is 2. The van der Waals surface area contributed by atoms with E-state index in [9.17, 15) is 4.79 Å². The highest BCUT2D eigenvalue weighted by Gasteiger charge is 2.22. The Kier molecular flexibility index (Phi) is 5.26. The lowest BCUT2D eigenvalue weighted by Crippen LogP contribution is -2.45. The van der Waals surface area contributed by atoms with E-state index in [0.29, 0.717) is 6.04 Å². The third kappa shape index (κ3) is 3.85. The zero-order valence-electron chi connectivity index (χ0n) is 11.5. The second-order valence-electron chi connectivity index (χ2n) is 5.29. The topological polar surface area (TPSA) is 47.6 Å². The Bertz CT molecular complexity index is 264. The zero-order chi connectivity index (χ0) is 12.8. The number of urea groups is 1. The van der Waals surface area contributed by atoms with Gasteiger partial charge in [-0.2, -0.15) is 0 Å². The van der Waals surface area contributed by atoms with Crippen molar-refractivity contribution >= 4 is 6.03 Å². The molecule has 2 aliphatic heterocycles. The molecule has 0 saturated carbocycles. The monoisotopic (exact) mass is 254 g/mol. The van der Waals surface area contributed by atoms with Gasteiger partial charge in [0.25, 0.3) is 0 Å². The standard InChI is InChI=1S/C13H26N4O/c1-2-5-14-12-3-7-16(8-4-12)10-11-17-9-6-15-13(17)18/h12,14H,2-11H2,1H3,(H,15,18). The van der Waals surface area contributed by atoms with Crippen molar-refractivity contribution in [3.05, 3.63) is 0 Å². The highest BCUT2D eigenvalue weighted by molar-refractivity contribution is 5.76. The van der Waals surface area contributed by atoms with Gasteiger partial charge in [0.1, 0.15) is 0 Å². The molecule has 0 aromatic rings. The third-order valence-electron chi connectivity index (χ3n) is 3.90. The molecule has 0 radical (unpaired) electrons. The largest absolute Gasteiger partial charge is 0.336 e. The number of hydrogen-bond acceptors (Lipinski definition) is 3. The van der Waals surface area contributed by atoms with Gasteiger partial charge in [-0.25, -0.2) is 4.79 Å². The van der Waals surface area contributed by atoms with E-state index in [1.807, 2.05) is 4.90 Å². The molecule has 0 aromatic carbocycles. The fraction of sp³-hybridized carbons (Fsp3) is 0.923. The number of piperidine rings is 1. The molecule has 18 heavy (non-hydrogen) atoms. The van der Waals surface area contributed by atoms with E-state index in [4.69, 9.17) is 0 Å². The van der Waals surface area contributed by atoms with Crippen LogP contribution in [0, 0.1) is 0 Å². The van der Waals surface area contributed by atoms with Crippen molar-refractivity contribution in [3.63, 3.8) is 0 Å². The van der Waals surface area contributed by atoms with E-state index >= 15 is 0 Å². The molecule has 5 nitrogen and oxygen atoms in total. The summed E-state index contributed by atoms with van der Waals surface area (Å²) in [5.74, 6) is 0. The first-order valence-corrected chi connectivity index (χ1v) is 7.28. The number of carbonyl (C=O) groups is 1. The van der Waals surface area contributed by atoms with Crippen LogP contribution in [0.1, 0.15) is 26.2 Å². The van der Waals surface area contributed by atoms with Crippen LogP contribution in [-0.4, -0.2) is 67.7 Å². The minimum Gasteiger partial charge on any atom is -0.336 e. The maximum absolute atomic E-state index is 11.4. The molecule has 0 aromatic heterocycles. The van der Waals surface area contributed by atoms with E-state index in [1.165, 1.54) is 19.3 Å². The van der Waals surface area contributed by atoms with E-state index in [1.54, 1.807) is 0 Å². The van der Waals surface area contributed by atoms with Gasteiger partial charge >= 0.3 is 6.03 Å². The highest BCUT2D eigenvalue weighted by atomic mass is 16.2. The van der Waals surface area contributed by atoms with Crippen LogP contribution in [0.2, 0.25) is 0 Å². The van der Waals surface area contributed by atoms with Crippen molar-refractivity contribution in [1.82, 2.24) is 20.4 Å². The van der Waals surface area contributed by atoms with E-state index in [-0.39, 0.29) is 6.03 Å². The van der Waals surface area contributed by atoms with Gasteiger partial charge < -0.3 is 20.4 Å². The molecule has 0 spiro atoms. The molecule has 2 amide bonds. The Morgan fingerprint density at radius 3 is 2.67 bits per heavy atom. The summed E-state index contributed by atoms with van der Waals surface area (Å²) in [6, 6.07) is 0.811. The first-order chi connectivity index (χ1) is 8.79. The maximum Gasteiger partial charge on any atom is 0.317 e. The summed E-state index contributed by atoms with van der Waals surface area (Å²) in [6.07, 6.45) is 3.70. The molecule has 2 heterocycles. The maximum atomic E-state index is 11.4. The van der Waals surface area contributed by atoms with Crippen LogP contribution in [0.25, 0.3) is 0 Å². The van der Waals surface area contributed by atoms with E-state index < -0.39 is 0 Å². The van der Waals surface area contributed by atoms with Gasteiger partial charge in [0.15, 0.2) is 0 Å². The lowest BCUT2D eigenvalue weighted by atomic mass is 10.1. The highest BCUT2D eigenvalue weighted by Crippen LogP contribution is 2.10. The number of nitrogens with one attached hydrogen (secondary N) is 2. The molecule has 2 N–H and O–H groups in total. The van der Waals surface area contributed by atoms with Crippen LogP contribution in [0.5, 0.6) is 0 Å². The third-order valence-corrected chi connectivity index (χ3v) is 3.90. The van der Waals surface area contributed by atoms with Crippen molar-refractivity contribution in [2.75, 3.05) is 45.8 Å². The van der Waals surface area contributed by atoms with Crippen molar-refractivity contribution in [1.29, 1.82) is 0 Å². The summed E-state index contributed by atoms with van der Waals surface area (Å²) in [5, 5.41) is 6.44. The van der Waals surface area contributed by atoms with Gasteiger partial charge in [-0.3, -0.25) is 0 Å². The van der Waals surface area contributed by atoms with Crippen molar-refractivity contribution in [2.45, 2.75) is 32.2 Å². The van der Waals surface area contributed by atoms with Gasteiger partial charge in [0, 0.05) is 32.2 Å². The Hall–Kier alpha value is -0.810. The zero-order valence-corrected chi connectivity index (χ0v) is 11.5. The predicted molar refractivity (Wildman–Crippen MR) is 72.7 cm³/mol. The summed E-state index contributed by atoms with van der Waals surface area (Å²) in [5.41, 5.74) is 0. The first kappa shape index (κ1) is 13.6. The minimum absolute atomic E-state index is 0.106. The van der Waals surface area contributed by atoms with Crippen LogP contribution in [0.15, 0.2) is 0 Å². The van der Waals surface area contributed by atoms with Gasteiger partial charge in [-0.15, -0.1) is 0 Å². The van der Waals surface area contributed by atoms with Crippen molar-refractivity contribution in [2.24, 2.45) is 0 Å². The molecular weight excluding hydrogens is 228 g/mol. The molecule has 0 bridgehead atoms. The Labute approximate surface area is 110 Å². The molecule has 0 atom stereocenters. The molecule has 2 fully saturated rings. The molecule has 0 aliphatic carbocycles. The predicted octanol–water partition coefficient (Wildman–Crippen LogP) is 0.476.